The molecule has 33 heavy (non-hydrogen) atoms. The number of sulfonamides is 1. The van der Waals surface area contributed by atoms with Crippen LogP contribution in [0.15, 0.2) is 53.4 Å². The van der Waals surface area contributed by atoms with E-state index in [9.17, 15) is 13.2 Å². The number of methoxy groups -OCH3 is 1. The lowest BCUT2D eigenvalue weighted by atomic mass is 10.1. The monoisotopic (exact) mass is 473 g/mol. The predicted octanol–water partition coefficient (Wildman–Crippen LogP) is 2.26. The number of rotatable bonds is 6. The van der Waals surface area contributed by atoms with Crippen LogP contribution in [0.4, 0.5) is 0 Å². The number of nitrogens with zero attached hydrogens (tertiary/aromatic N) is 3. The topological polar surface area (TPSA) is 79.4 Å². The zero-order valence-electron chi connectivity index (χ0n) is 19.3. The first-order chi connectivity index (χ1) is 15.8. The second kappa shape index (κ2) is 9.80. The molecule has 9 heteroatoms. The minimum Gasteiger partial charge on any atom is -0.497 e. The standard InChI is InChI=1S/C24H31N3O5S/c1-18-4-10-22(11-5-18)33(29,30)26-16-19(2)27(23(28)17-25-12-14-32-15-13-25)24(26)20-6-8-21(31-3)9-7-20/h4-11,19,24H,12-17H2,1-3H3. The fraction of sp³-hybridized carbons (Fsp3) is 0.458. The molecule has 0 N–H and O–H groups in total. The van der Waals surface area contributed by atoms with Gasteiger partial charge in [0.25, 0.3) is 0 Å². The molecular formula is C24H31N3O5S. The molecule has 0 bridgehead atoms. The highest BCUT2D eigenvalue weighted by molar-refractivity contribution is 7.89. The van der Waals surface area contributed by atoms with Gasteiger partial charge in [-0.3, -0.25) is 9.69 Å². The Kier molecular flexibility index (Phi) is 7.04. The van der Waals surface area contributed by atoms with E-state index in [1.54, 1.807) is 48.4 Å². The van der Waals surface area contributed by atoms with E-state index in [-0.39, 0.29) is 29.9 Å². The molecule has 2 aliphatic rings. The third-order valence-electron chi connectivity index (χ3n) is 6.25. The van der Waals surface area contributed by atoms with Crippen LogP contribution in [0.1, 0.15) is 24.2 Å². The lowest BCUT2D eigenvalue weighted by Gasteiger charge is -2.34. The summed E-state index contributed by atoms with van der Waals surface area (Å²) in [6.07, 6.45) is -0.731. The molecule has 2 fully saturated rings. The zero-order chi connectivity index (χ0) is 23.6. The van der Waals surface area contributed by atoms with Crippen LogP contribution in [0, 0.1) is 6.92 Å². The first kappa shape index (κ1) is 23.7. The summed E-state index contributed by atoms with van der Waals surface area (Å²) >= 11 is 0. The number of morpholine rings is 1. The largest absolute Gasteiger partial charge is 0.497 e. The zero-order valence-corrected chi connectivity index (χ0v) is 20.1. The van der Waals surface area contributed by atoms with Crippen LogP contribution in [0.2, 0.25) is 0 Å². The molecule has 0 radical (unpaired) electrons. The first-order valence-corrected chi connectivity index (χ1v) is 12.6. The van der Waals surface area contributed by atoms with Gasteiger partial charge >= 0.3 is 0 Å². The van der Waals surface area contributed by atoms with Gasteiger partial charge in [-0.2, -0.15) is 4.31 Å². The molecule has 2 atom stereocenters. The molecule has 2 aliphatic heterocycles. The number of carbonyl (C=O) groups is 1. The van der Waals surface area contributed by atoms with Gasteiger partial charge in [0, 0.05) is 25.7 Å². The molecule has 0 aliphatic carbocycles. The molecule has 0 aromatic heterocycles. The number of ether oxygens (including phenoxy) is 2. The maximum Gasteiger partial charge on any atom is 0.245 e. The molecule has 0 saturated carbocycles. The van der Waals surface area contributed by atoms with Crippen molar-refractivity contribution < 1.29 is 22.7 Å². The van der Waals surface area contributed by atoms with Crippen molar-refractivity contribution in [1.29, 1.82) is 0 Å². The number of aryl methyl sites for hydroxylation is 1. The van der Waals surface area contributed by atoms with Crippen molar-refractivity contribution in [2.75, 3.05) is 46.5 Å². The predicted molar refractivity (Wildman–Crippen MR) is 124 cm³/mol. The van der Waals surface area contributed by atoms with Crippen molar-refractivity contribution in [3.63, 3.8) is 0 Å². The molecule has 4 rings (SSSR count). The summed E-state index contributed by atoms with van der Waals surface area (Å²) < 4.78 is 39.5. The van der Waals surface area contributed by atoms with Crippen LogP contribution in [0.25, 0.3) is 0 Å². The van der Waals surface area contributed by atoms with Gasteiger partial charge in [-0.1, -0.05) is 29.8 Å². The number of amides is 1. The third kappa shape index (κ3) is 4.91. The van der Waals surface area contributed by atoms with E-state index in [1.807, 2.05) is 26.0 Å². The summed E-state index contributed by atoms with van der Waals surface area (Å²) in [4.78, 5) is 17.5. The minimum absolute atomic E-state index is 0.0909. The Morgan fingerprint density at radius 1 is 1.06 bits per heavy atom. The van der Waals surface area contributed by atoms with Crippen LogP contribution in [0.3, 0.4) is 0 Å². The minimum atomic E-state index is -3.83. The van der Waals surface area contributed by atoms with Gasteiger partial charge in [-0.15, -0.1) is 0 Å². The van der Waals surface area contributed by atoms with Crippen molar-refractivity contribution in [2.45, 2.75) is 31.0 Å². The van der Waals surface area contributed by atoms with Gasteiger partial charge in [0.2, 0.25) is 15.9 Å². The summed E-state index contributed by atoms with van der Waals surface area (Å²) in [5.41, 5.74) is 1.71. The lowest BCUT2D eigenvalue weighted by Crippen LogP contribution is -2.47. The fourth-order valence-corrected chi connectivity index (χ4v) is 6.07. The van der Waals surface area contributed by atoms with E-state index in [0.717, 1.165) is 11.1 Å². The summed E-state index contributed by atoms with van der Waals surface area (Å²) in [6, 6.07) is 13.8. The summed E-state index contributed by atoms with van der Waals surface area (Å²) in [7, 11) is -2.24. The molecule has 2 unspecified atom stereocenters. The summed E-state index contributed by atoms with van der Waals surface area (Å²) in [5.74, 6) is 0.579. The van der Waals surface area contributed by atoms with Gasteiger partial charge in [-0.25, -0.2) is 8.42 Å². The van der Waals surface area contributed by atoms with E-state index in [1.165, 1.54) is 4.31 Å². The number of benzene rings is 2. The van der Waals surface area contributed by atoms with Crippen molar-refractivity contribution >= 4 is 15.9 Å². The second-order valence-electron chi connectivity index (χ2n) is 8.57. The van der Waals surface area contributed by atoms with E-state index in [4.69, 9.17) is 9.47 Å². The van der Waals surface area contributed by atoms with Crippen molar-refractivity contribution in [1.82, 2.24) is 14.1 Å². The summed E-state index contributed by atoms with van der Waals surface area (Å²) in [5, 5.41) is 0. The first-order valence-electron chi connectivity index (χ1n) is 11.1. The van der Waals surface area contributed by atoms with E-state index in [2.05, 4.69) is 4.90 Å². The Morgan fingerprint density at radius 3 is 2.30 bits per heavy atom. The SMILES string of the molecule is COc1ccc(C2N(C(=O)CN3CCOCC3)C(C)CN2S(=O)(=O)c2ccc(C)cc2)cc1. The van der Waals surface area contributed by atoms with E-state index < -0.39 is 16.2 Å². The molecule has 178 valence electrons. The number of hydrogen-bond acceptors (Lipinski definition) is 6. The Bertz CT molecular complexity index is 1070. The number of hydrogen-bond donors (Lipinski definition) is 0. The fourth-order valence-electron chi connectivity index (χ4n) is 4.42. The van der Waals surface area contributed by atoms with Gasteiger partial charge in [0.05, 0.1) is 31.8 Å². The van der Waals surface area contributed by atoms with Gasteiger partial charge in [-0.05, 0) is 43.7 Å². The average Bonchev–Trinajstić information content (AvgIpc) is 3.18. The normalized spacial score (nSPS) is 22.5. The van der Waals surface area contributed by atoms with Crippen molar-refractivity contribution in [2.24, 2.45) is 0 Å². The number of carbonyl (C=O) groups excluding carboxylic acids is 1. The Balaban J connectivity index is 1.70. The molecular weight excluding hydrogens is 442 g/mol. The second-order valence-corrected chi connectivity index (χ2v) is 10.5. The van der Waals surface area contributed by atoms with Crippen LogP contribution in [-0.2, 0) is 19.6 Å². The average molecular weight is 474 g/mol. The quantitative estimate of drug-likeness (QED) is 0.640. The highest BCUT2D eigenvalue weighted by Gasteiger charge is 2.47. The Labute approximate surface area is 195 Å². The molecule has 2 aromatic carbocycles. The van der Waals surface area contributed by atoms with Crippen LogP contribution >= 0.6 is 0 Å². The smallest absolute Gasteiger partial charge is 0.245 e. The van der Waals surface area contributed by atoms with E-state index >= 15 is 0 Å². The van der Waals surface area contributed by atoms with Crippen LogP contribution < -0.4 is 4.74 Å². The van der Waals surface area contributed by atoms with E-state index in [0.29, 0.717) is 32.1 Å². The molecule has 8 nitrogen and oxygen atoms in total. The Morgan fingerprint density at radius 2 is 1.70 bits per heavy atom. The van der Waals surface area contributed by atoms with Crippen molar-refractivity contribution in [3.8, 4) is 5.75 Å². The molecule has 0 spiro atoms. The van der Waals surface area contributed by atoms with Crippen LogP contribution in [-0.4, -0.2) is 81.0 Å². The van der Waals surface area contributed by atoms with Gasteiger partial charge in [0.1, 0.15) is 11.9 Å². The molecule has 1 amide bonds. The Hall–Kier alpha value is -2.46. The summed E-state index contributed by atoms with van der Waals surface area (Å²) in [6.45, 7) is 6.84. The highest BCUT2D eigenvalue weighted by Crippen LogP contribution is 2.38. The molecule has 2 heterocycles. The molecule has 2 saturated heterocycles. The third-order valence-corrected chi connectivity index (χ3v) is 8.08. The maximum absolute atomic E-state index is 13.7. The lowest BCUT2D eigenvalue weighted by molar-refractivity contribution is -0.137. The maximum atomic E-state index is 13.7. The van der Waals surface area contributed by atoms with Crippen molar-refractivity contribution in [3.05, 3.63) is 59.7 Å². The van der Waals surface area contributed by atoms with Crippen LogP contribution in [0.5, 0.6) is 5.75 Å². The van der Waals surface area contributed by atoms with Gasteiger partial charge in [0.15, 0.2) is 0 Å². The molecule has 2 aromatic rings. The highest BCUT2D eigenvalue weighted by atomic mass is 32.2. The van der Waals surface area contributed by atoms with Gasteiger partial charge < -0.3 is 14.4 Å².